The van der Waals surface area contributed by atoms with Crippen LogP contribution in [0.5, 0.6) is 0 Å². The third-order valence-corrected chi connectivity index (χ3v) is 8.52. The second-order valence-electron chi connectivity index (χ2n) is 6.46. The second-order valence-corrected chi connectivity index (χ2v) is 10.4. The maximum absolute atomic E-state index is 12.7. The zero-order valence-electron chi connectivity index (χ0n) is 13.0. The molecule has 6 nitrogen and oxygen atoms in total. The molecule has 0 aromatic heterocycles. The largest absolute Gasteiger partial charge is 0.368 e. The number of carbonyl (C=O) groups is 1. The van der Waals surface area contributed by atoms with E-state index in [0.29, 0.717) is 11.3 Å². The predicted molar refractivity (Wildman–Crippen MR) is 80.4 cm³/mol. The first kappa shape index (κ1) is 16.6. The van der Waals surface area contributed by atoms with Crippen molar-refractivity contribution in [2.24, 2.45) is 5.41 Å². The molecule has 0 aliphatic carbocycles. The van der Waals surface area contributed by atoms with Crippen LogP contribution < -0.4 is 0 Å². The lowest BCUT2D eigenvalue weighted by Crippen LogP contribution is -2.72. The van der Waals surface area contributed by atoms with Crippen molar-refractivity contribution in [2.75, 3.05) is 13.4 Å². The Morgan fingerprint density at radius 1 is 1.29 bits per heavy atom. The summed E-state index contributed by atoms with van der Waals surface area (Å²) in [7, 11) is -4.04. The van der Waals surface area contributed by atoms with E-state index in [1.165, 1.54) is 18.3 Å². The van der Waals surface area contributed by atoms with Gasteiger partial charge in [-0.1, -0.05) is 20.8 Å². The summed E-state index contributed by atoms with van der Waals surface area (Å²) in [6.07, 6.45) is 0.371. The Bertz CT molecular complexity index is 644. The van der Waals surface area contributed by atoms with Crippen LogP contribution in [-0.4, -0.2) is 52.9 Å². The molecule has 21 heavy (non-hydrogen) atoms. The quantitative estimate of drug-likeness (QED) is 0.691. The van der Waals surface area contributed by atoms with E-state index in [0.717, 1.165) is 0 Å². The highest BCUT2D eigenvalue weighted by Gasteiger charge is 2.63. The van der Waals surface area contributed by atoms with Gasteiger partial charge in [-0.05, 0) is 12.5 Å². The molecule has 8 heteroatoms. The summed E-state index contributed by atoms with van der Waals surface area (Å²) in [6, 6.07) is 0. The average molecular weight is 335 g/mol. The summed E-state index contributed by atoms with van der Waals surface area (Å²) >= 11 is 0. The van der Waals surface area contributed by atoms with Gasteiger partial charge in [-0.25, -0.2) is 8.42 Å². The van der Waals surface area contributed by atoms with Crippen LogP contribution >= 0.6 is 0 Å². The summed E-state index contributed by atoms with van der Waals surface area (Å²) in [5.41, 5.74) is 0.702. The van der Waals surface area contributed by atoms with E-state index in [9.17, 15) is 17.4 Å². The third-order valence-electron chi connectivity index (χ3n) is 3.86. The smallest absolute Gasteiger partial charge is 0.260 e. The van der Waals surface area contributed by atoms with Crippen LogP contribution in [-0.2, 0) is 30.2 Å². The lowest BCUT2D eigenvalue weighted by molar-refractivity contribution is -0.160. The standard InChI is InChI=1S/C13H21NO5S2/c1-7-9(13(2,3)4)14-10(15)8(19-5)11(14)21(17,18)12(7)20(6)16/h8,11-12H,1-6H3/t8-,11-,12?,20?/m0/s1. The number of hydrogen-bond acceptors (Lipinski definition) is 5. The van der Waals surface area contributed by atoms with Gasteiger partial charge in [-0.3, -0.25) is 13.9 Å². The number of rotatable bonds is 2. The van der Waals surface area contributed by atoms with E-state index in [4.69, 9.17) is 4.74 Å². The molecule has 120 valence electrons. The molecule has 1 amide bonds. The van der Waals surface area contributed by atoms with E-state index >= 15 is 0 Å². The Morgan fingerprint density at radius 2 is 1.81 bits per heavy atom. The van der Waals surface area contributed by atoms with Gasteiger partial charge in [0.1, 0.15) is 0 Å². The fourth-order valence-electron chi connectivity index (χ4n) is 3.28. The third kappa shape index (κ3) is 2.19. The van der Waals surface area contributed by atoms with Crippen molar-refractivity contribution in [3.8, 4) is 0 Å². The number of amides is 1. The number of allylic oxidation sites excluding steroid dienone is 1. The van der Waals surface area contributed by atoms with E-state index in [-0.39, 0.29) is 5.91 Å². The van der Waals surface area contributed by atoms with Crippen molar-refractivity contribution >= 4 is 26.5 Å². The zero-order chi connectivity index (χ0) is 16.3. The van der Waals surface area contributed by atoms with E-state index in [1.807, 2.05) is 20.8 Å². The minimum absolute atomic E-state index is 0.351. The number of hydrogen-bond donors (Lipinski definition) is 0. The molecule has 0 N–H and O–H groups in total. The van der Waals surface area contributed by atoms with Crippen molar-refractivity contribution in [1.29, 1.82) is 0 Å². The normalized spacial score (nSPS) is 33.5. The van der Waals surface area contributed by atoms with Gasteiger partial charge in [0.05, 0.1) is 0 Å². The maximum Gasteiger partial charge on any atom is 0.260 e. The molecule has 0 radical (unpaired) electrons. The van der Waals surface area contributed by atoms with Crippen molar-refractivity contribution in [3.05, 3.63) is 11.3 Å². The van der Waals surface area contributed by atoms with Crippen LogP contribution in [0.25, 0.3) is 0 Å². The Morgan fingerprint density at radius 3 is 2.19 bits per heavy atom. The van der Waals surface area contributed by atoms with Crippen molar-refractivity contribution in [3.63, 3.8) is 0 Å². The fraction of sp³-hybridized carbons (Fsp3) is 0.769. The Hall–Kier alpha value is -0.730. The van der Waals surface area contributed by atoms with Gasteiger partial charge in [0, 0.05) is 35.3 Å². The monoisotopic (exact) mass is 335 g/mol. The molecule has 0 aromatic rings. The molecule has 1 fully saturated rings. The lowest BCUT2D eigenvalue weighted by atomic mass is 9.85. The Balaban J connectivity index is 2.73. The van der Waals surface area contributed by atoms with Crippen molar-refractivity contribution in [1.82, 2.24) is 4.90 Å². The highest BCUT2D eigenvalue weighted by molar-refractivity contribution is 8.06. The first-order valence-electron chi connectivity index (χ1n) is 6.58. The molecule has 4 atom stereocenters. The minimum Gasteiger partial charge on any atom is -0.368 e. The number of β-lactam (4-membered cyclic amide) rings is 1. The summed E-state index contributed by atoms with van der Waals surface area (Å²) in [6.45, 7) is 7.37. The lowest BCUT2D eigenvalue weighted by Gasteiger charge is -2.53. The molecule has 2 aliphatic heterocycles. The average Bonchev–Trinajstić information content (AvgIpc) is 2.28. The first-order valence-corrected chi connectivity index (χ1v) is 9.81. The van der Waals surface area contributed by atoms with Gasteiger partial charge in [0.15, 0.2) is 25.9 Å². The molecule has 2 aliphatic rings. The number of carbonyl (C=O) groups excluding carboxylic acids is 1. The SMILES string of the molecule is CO[C@H]1C(=O)N2C(C(C)(C)C)=C(C)C(S(C)=O)S(=O)(=O)[C@@H]12. The number of fused-ring (bicyclic) bond motifs is 1. The Kier molecular flexibility index (Phi) is 3.87. The Labute approximate surface area is 127 Å². The van der Waals surface area contributed by atoms with E-state index < -0.39 is 42.1 Å². The fourth-order valence-corrected chi connectivity index (χ4v) is 7.67. The van der Waals surface area contributed by atoms with Crippen molar-refractivity contribution < 1.29 is 22.2 Å². The molecule has 0 bridgehead atoms. The highest BCUT2D eigenvalue weighted by atomic mass is 32.3. The van der Waals surface area contributed by atoms with Gasteiger partial charge in [-0.2, -0.15) is 0 Å². The van der Waals surface area contributed by atoms with Crippen LogP contribution in [0.4, 0.5) is 0 Å². The molecule has 0 saturated carbocycles. The second kappa shape index (κ2) is 4.89. The van der Waals surface area contributed by atoms with Crippen LogP contribution in [0, 0.1) is 5.41 Å². The van der Waals surface area contributed by atoms with Crippen molar-refractivity contribution in [2.45, 2.75) is 43.8 Å². The van der Waals surface area contributed by atoms with E-state index in [2.05, 4.69) is 0 Å². The van der Waals surface area contributed by atoms with E-state index in [1.54, 1.807) is 6.92 Å². The molecule has 0 aromatic carbocycles. The van der Waals surface area contributed by atoms with Crippen LogP contribution in [0.15, 0.2) is 11.3 Å². The van der Waals surface area contributed by atoms with Gasteiger partial charge in [0.2, 0.25) is 0 Å². The summed E-state index contributed by atoms with van der Waals surface area (Å²) in [4.78, 5) is 13.5. The molecule has 2 heterocycles. The van der Waals surface area contributed by atoms with Gasteiger partial charge >= 0.3 is 0 Å². The number of sulfone groups is 1. The maximum atomic E-state index is 12.7. The van der Waals surface area contributed by atoms with Crippen LogP contribution in [0.2, 0.25) is 0 Å². The molecule has 1 saturated heterocycles. The highest BCUT2D eigenvalue weighted by Crippen LogP contribution is 2.47. The van der Waals surface area contributed by atoms with Gasteiger partial charge in [0.25, 0.3) is 5.91 Å². The summed E-state index contributed by atoms with van der Waals surface area (Å²) in [5.74, 6) is -0.351. The zero-order valence-corrected chi connectivity index (χ0v) is 14.7. The topological polar surface area (TPSA) is 80.8 Å². The number of methoxy groups -OCH3 is 1. The minimum atomic E-state index is -3.78. The molecular formula is C13H21NO5S2. The summed E-state index contributed by atoms with van der Waals surface area (Å²) < 4.78 is 41.4. The predicted octanol–water partition coefficient (Wildman–Crippen LogP) is 0.623. The number of nitrogens with zero attached hydrogens (tertiary/aromatic N) is 1. The molecular weight excluding hydrogens is 314 g/mol. The molecule has 2 rings (SSSR count). The summed E-state index contributed by atoms with van der Waals surface area (Å²) in [5, 5.41) is -1.07. The van der Waals surface area contributed by atoms with Crippen LogP contribution in [0.1, 0.15) is 27.7 Å². The van der Waals surface area contributed by atoms with Gasteiger partial charge in [-0.15, -0.1) is 0 Å². The molecule has 2 unspecified atom stereocenters. The molecule has 0 spiro atoms. The van der Waals surface area contributed by atoms with Gasteiger partial charge < -0.3 is 4.74 Å². The van der Waals surface area contributed by atoms with Crippen LogP contribution in [0.3, 0.4) is 0 Å². The number of ether oxygens (including phenoxy) is 1. The first-order chi connectivity index (χ1) is 9.46.